The Kier molecular flexibility index (Phi) is 5.95. The van der Waals surface area contributed by atoms with E-state index in [0.717, 1.165) is 45.1 Å². The molecular weight excluding hydrogens is 294 g/mol. The monoisotopic (exact) mass is 327 g/mol. The first kappa shape index (κ1) is 18.5. The van der Waals surface area contributed by atoms with Gasteiger partial charge in [0, 0.05) is 25.8 Å². The van der Waals surface area contributed by atoms with Crippen molar-refractivity contribution >= 4 is 6.09 Å². The Morgan fingerprint density at radius 3 is 2.35 bits per heavy atom. The average Bonchev–Trinajstić information content (AvgIpc) is 2.40. The lowest BCUT2D eigenvalue weighted by atomic mass is 9.74. The maximum absolute atomic E-state index is 12.5. The van der Waals surface area contributed by atoms with Crippen LogP contribution in [0.1, 0.15) is 72.1 Å². The maximum atomic E-state index is 12.5. The third-order valence-corrected chi connectivity index (χ3v) is 4.94. The number of carbonyl (C=O) groups excluding carboxylic acids is 1. The molecule has 2 atom stereocenters. The fraction of sp³-hybridized carbons (Fsp3) is 0.944. The van der Waals surface area contributed by atoms with Gasteiger partial charge in [-0.25, -0.2) is 4.79 Å². The first-order valence-electron chi connectivity index (χ1n) is 8.97. The summed E-state index contributed by atoms with van der Waals surface area (Å²) in [7, 11) is 1.71. The Morgan fingerprint density at radius 1 is 1.22 bits per heavy atom. The summed E-state index contributed by atoms with van der Waals surface area (Å²) in [5.74, 6) is 0. The van der Waals surface area contributed by atoms with Gasteiger partial charge in [0.05, 0.1) is 5.60 Å². The first-order valence-corrected chi connectivity index (χ1v) is 8.97. The highest BCUT2D eigenvalue weighted by Crippen LogP contribution is 2.42. The van der Waals surface area contributed by atoms with Crippen molar-refractivity contribution in [2.24, 2.45) is 0 Å². The third-order valence-electron chi connectivity index (χ3n) is 4.94. The Bertz CT molecular complexity index is 390. The fourth-order valence-electron chi connectivity index (χ4n) is 4.04. The summed E-state index contributed by atoms with van der Waals surface area (Å²) in [5, 5.41) is 11.0. The molecule has 2 aliphatic heterocycles. The zero-order valence-corrected chi connectivity index (χ0v) is 15.1. The van der Waals surface area contributed by atoms with E-state index in [0.29, 0.717) is 12.8 Å². The van der Waals surface area contributed by atoms with Crippen LogP contribution in [0.3, 0.4) is 0 Å². The fourth-order valence-corrected chi connectivity index (χ4v) is 4.04. The van der Waals surface area contributed by atoms with Gasteiger partial charge in [-0.15, -0.1) is 0 Å². The van der Waals surface area contributed by atoms with Gasteiger partial charge < -0.3 is 19.5 Å². The van der Waals surface area contributed by atoms with Crippen LogP contribution in [0.5, 0.6) is 0 Å². The molecule has 1 N–H and O–H groups in total. The molecule has 2 bridgehead atoms. The predicted octanol–water partition coefficient (Wildman–Crippen LogP) is 3.49. The lowest BCUT2D eigenvalue weighted by Gasteiger charge is -2.51. The minimum absolute atomic E-state index is 0.116. The second-order valence-electron chi connectivity index (χ2n) is 8.21. The van der Waals surface area contributed by atoms with Gasteiger partial charge in [0.15, 0.2) is 0 Å². The largest absolute Gasteiger partial charge is 0.444 e. The molecule has 0 aromatic heterocycles. The van der Waals surface area contributed by atoms with Gasteiger partial charge in [0.25, 0.3) is 0 Å². The van der Waals surface area contributed by atoms with Crippen molar-refractivity contribution in [1.82, 2.24) is 4.90 Å². The van der Waals surface area contributed by atoms with Crippen molar-refractivity contribution in [1.29, 1.82) is 0 Å². The van der Waals surface area contributed by atoms with Crippen molar-refractivity contribution in [3.63, 3.8) is 0 Å². The van der Waals surface area contributed by atoms with Gasteiger partial charge in [0.1, 0.15) is 5.60 Å². The van der Waals surface area contributed by atoms with Gasteiger partial charge in [-0.2, -0.15) is 0 Å². The van der Waals surface area contributed by atoms with Gasteiger partial charge in [-0.1, -0.05) is 0 Å². The van der Waals surface area contributed by atoms with Gasteiger partial charge in [-0.3, -0.25) is 0 Å². The van der Waals surface area contributed by atoms with Crippen LogP contribution < -0.4 is 0 Å². The van der Waals surface area contributed by atoms with E-state index in [2.05, 4.69) is 0 Å². The molecule has 1 amide bonds. The molecule has 2 unspecified atom stereocenters. The normalized spacial score (nSPS) is 31.1. The number of amides is 1. The first-order chi connectivity index (χ1) is 10.7. The molecule has 23 heavy (non-hydrogen) atoms. The summed E-state index contributed by atoms with van der Waals surface area (Å²) in [6.45, 7) is 6.44. The predicted molar refractivity (Wildman–Crippen MR) is 89.4 cm³/mol. The van der Waals surface area contributed by atoms with Crippen LogP contribution in [0.2, 0.25) is 0 Å². The van der Waals surface area contributed by atoms with Gasteiger partial charge in [0.2, 0.25) is 0 Å². The van der Waals surface area contributed by atoms with E-state index in [9.17, 15) is 9.90 Å². The number of nitrogens with zero attached hydrogens (tertiary/aromatic N) is 1. The molecule has 2 aliphatic rings. The molecule has 0 aromatic rings. The number of rotatable bonds is 5. The highest BCUT2D eigenvalue weighted by Gasteiger charge is 2.47. The summed E-state index contributed by atoms with van der Waals surface area (Å²) < 4.78 is 10.7. The topological polar surface area (TPSA) is 59.0 Å². The van der Waals surface area contributed by atoms with Crippen molar-refractivity contribution < 1.29 is 19.4 Å². The van der Waals surface area contributed by atoms with Crippen molar-refractivity contribution in [2.45, 2.75) is 95.4 Å². The van der Waals surface area contributed by atoms with E-state index in [4.69, 9.17) is 9.47 Å². The Morgan fingerprint density at radius 2 is 1.83 bits per heavy atom. The Labute approximate surface area is 140 Å². The van der Waals surface area contributed by atoms with Crippen LogP contribution >= 0.6 is 0 Å². The molecule has 0 spiro atoms. The van der Waals surface area contributed by atoms with E-state index in [1.807, 2.05) is 25.7 Å². The summed E-state index contributed by atoms with van der Waals surface area (Å²) in [5.41, 5.74) is -1.11. The smallest absolute Gasteiger partial charge is 0.410 e. The second-order valence-corrected chi connectivity index (χ2v) is 8.21. The number of carbonyl (C=O) groups is 1. The third kappa shape index (κ3) is 5.08. The van der Waals surface area contributed by atoms with Gasteiger partial charge in [-0.05, 0) is 72.1 Å². The molecule has 2 rings (SSSR count). The molecule has 0 radical (unpaired) electrons. The molecule has 0 saturated carbocycles. The number of ether oxygens (including phenoxy) is 2. The molecule has 5 nitrogen and oxygen atoms in total. The highest BCUT2D eigenvalue weighted by atomic mass is 16.6. The van der Waals surface area contributed by atoms with E-state index < -0.39 is 11.2 Å². The molecular formula is C18H33NO4. The van der Waals surface area contributed by atoms with Crippen LogP contribution in [0.25, 0.3) is 0 Å². The number of aliphatic hydroxyl groups is 1. The lowest BCUT2D eigenvalue weighted by molar-refractivity contribution is -0.0968. The zero-order chi connectivity index (χ0) is 17.1. The van der Waals surface area contributed by atoms with E-state index in [1.165, 1.54) is 0 Å². The Balaban J connectivity index is 1.98. The second kappa shape index (κ2) is 7.39. The number of piperidine rings is 2. The molecule has 5 heteroatoms. The van der Waals surface area contributed by atoms with Crippen LogP contribution in [0.15, 0.2) is 0 Å². The Hall–Kier alpha value is -0.810. The summed E-state index contributed by atoms with van der Waals surface area (Å²) in [6.07, 6.45) is 6.95. The van der Waals surface area contributed by atoms with Crippen LogP contribution in [0.4, 0.5) is 4.79 Å². The molecule has 2 fully saturated rings. The average molecular weight is 327 g/mol. The van der Waals surface area contributed by atoms with Crippen LogP contribution in [-0.2, 0) is 9.47 Å². The molecule has 0 aromatic carbocycles. The quantitative estimate of drug-likeness (QED) is 0.785. The van der Waals surface area contributed by atoms with E-state index in [1.54, 1.807) is 7.11 Å². The van der Waals surface area contributed by atoms with Gasteiger partial charge >= 0.3 is 6.09 Å². The minimum atomic E-state index is -0.637. The van der Waals surface area contributed by atoms with E-state index >= 15 is 0 Å². The highest BCUT2D eigenvalue weighted by molar-refractivity contribution is 5.69. The summed E-state index contributed by atoms with van der Waals surface area (Å²) in [4.78, 5) is 14.5. The maximum Gasteiger partial charge on any atom is 0.410 e. The number of hydrogen-bond donors (Lipinski definition) is 1. The summed E-state index contributed by atoms with van der Waals surface area (Å²) in [6, 6.07) is 0.231. The molecule has 0 aliphatic carbocycles. The number of unbranched alkanes of at least 4 members (excludes halogenated alkanes) is 1. The molecule has 2 heterocycles. The van der Waals surface area contributed by atoms with Crippen LogP contribution in [0, 0.1) is 0 Å². The number of methoxy groups -OCH3 is 1. The minimum Gasteiger partial charge on any atom is -0.444 e. The molecule has 134 valence electrons. The van der Waals surface area contributed by atoms with Crippen LogP contribution in [-0.4, -0.2) is 53.1 Å². The summed E-state index contributed by atoms with van der Waals surface area (Å²) >= 11 is 0. The number of hydrogen-bond acceptors (Lipinski definition) is 4. The standard InChI is InChI=1S/C18H33NO4/c1-17(2,3)23-16(20)19-14-8-7-9-15(19)13-18(21,12-14)10-5-6-11-22-4/h14-15,21H,5-13H2,1-4H3. The van der Waals surface area contributed by atoms with Crippen molar-refractivity contribution in [3.8, 4) is 0 Å². The van der Waals surface area contributed by atoms with Crippen molar-refractivity contribution in [2.75, 3.05) is 13.7 Å². The molecule has 2 saturated heterocycles. The number of fused-ring (bicyclic) bond motifs is 2. The SMILES string of the molecule is COCCCCC1(O)CC2CCCC(C1)N2C(=O)OC(C)(C)C. The lowest BCUT2D eigenvalue weighted by Crippen LogP contribution is -2.60. The van der Waals surface area contributed by atoms with Crippen molar-refractivity contribution in [3.05, 3.63) is 0 Å². The zero-order valence-electron chi connectivity index (χ0n) is 15.1. The van der Waals surface area contributed by atoms with E-state index in [-0.39, 0.29) is 18.2 Å².